The van der Waals surface area contributed by atoms with Crippen LogP contribution in [-0.2, 0) is 11.4 Å². The first-order valence-electron chi connectivity index (χ1n) is 4.23. The van der Waals surface area contributed by atoms with E-state index in [9.17, 15) is 4.39 Å². The van der Waals surface area contributed by atoms with Crippen LogP contribution in [0.5, 0.6) is 0 Å². The molecule has 0 radical (unpaired) electrons. The number of alkyl halides is 1. The molecule has 1 rings (SSSR count). The van der Waals surface area contributed by atoms with E-state index in [4.69, 9.17) is 4.84 Å². The molecule has 0 aliphatic carbocycles. The zero-order valence-electron chi connectivity index (χ0n) is 7.88. The average molecular weight is 183 g/mol. The van der Waals surface area contributed by atoms with Crippen LogP contribution in [0.25, 0.3) is 0 Å². The van der Waals surface area contributed by atoms with Crippen LogP contribution in [0.15, 0.2) is 24.3 Å². The molecule has 2 nitrogen and oxygen atoms in total. The van der Waals surface area contributed by atoms with Crippen LogP contribution in [0.4, 0.5) is 4.39 Å². The van der Waals surface area contributed by atoms with Crippen LogP contribution < -0.4 is 5.48 Å². The first kappa shape index (κ1) is 10.2. The van der Waals surface area contributed by atoms with Crippen molar-refractivity contribution in [3.05, 3.63) is 35.4 Å². The van der Waals surface area contributed by atoms with Gasteiger partial charge in [0.15, 0.2) is 0 Å². The molecule has 0 saturated carbocycles. The Labute approximate surface area is 77.7 Å². The van der Waals surface area contributed by atoms with Crippen LogP contribution in [0.3, 0.4) is 0 Å². The van der Waals surface area contributed by atoms with Gasteiger partial charge in [0.05, 0.1) is 7.11 Å². The van der Waals surface area contributed by atoms with Gasteiger partial charge in [0, 0.05) is 6.54 Å². The van der Waals surface area contributed by atoms with E-state index >= 15 is 0 Å². The Morgan fingerprint density at radius 1 is 1.38 bits per heavy atom. The molecule has 1 atom stereocenters. The third-order valence-corrected chi connectivity index (χ3v) is 1.86. The van der Waals surface area contributed by atoms with Gasteiger partial charge in [-0.15, -0.1) is 0 Å². The minimum absolute atomic E-state index is 0.636. The highest BCUT2D eigenvalue weighted by Crippen LogP contribution is 2.16. The van der Waals surface area contributed by atoms with Crippen LogP contribution in [0.2, 0.25) is 0 Å². The Hall–Kier alpha value is -0.930. The summed E-state index contributed by atoms with van der Waals surface area (Å²) < 4.78 is 12.8. The van der Waals surface area contributed by atoms with Gasteiger partial charge < -0.3 is 4.84 Å². The Balaban J connectivity index is 2.59. The first-order valence-corrected chi connectivity index (χ1v) is 4.23. The lowest BCUT2D eigenvalue weighted by atomic mass is 10.1. The van der Waals surface area contributed by atoms with Crippen molar-refractivity contribution in [2.75, 3.05) is 7.11 Å². The summed E-state index contributed by atoms with van der Waals surface area (Å²) in [4.78, 5) is 4.70. The van der Waals surface area contributed by atoms with Gasteiger partial charge in [-0.1, -0.05) is 24.3 Å². The van der Waals surface area contributed by atoms with E-state index in [-0.39, 0.29) is 0 Å². The maximum atomic E-state index is 12.8. The number of benzene rings is 1. The highest BCUT2D eigenvalue weighted by molar-refractivity contribution is 5.23. The lowest BCUT2D eigenvalue weighted by molar-refractivity contribution is 0.0867. The lowest BCUT2D eigenvalue weighted by Crippen LogP contribution is -2.10. The summed E-state index contributed by atoms with van der Waals surface area (Å²) in [7, 11) is 1.57. The first-order chi connectivity index (χ1) is 6.24. The highest BCUT2D eigenvalue weighted by Gasteiger charge is 2.01. The molecule has 0 aliphatic heterocycles. The molecule has 0 aliphatic rings. The summed E-state index contributed by atoms with van der Waals surface area (Å²) in [5.41, 5.74) is 4.50. The van der Waals surface area contributed by atoms with Gasteiger partial charge in [-0.25, -0.2) is 4.39 Å². The third kappa shape index (κ3) is 3.13. The fourth-order valence-corrected chi connectivity index (χ4v) is 1.06. The van der Waals surface area contributed by atoms with Crippen LogP contribution in [0.1, 0.15) is 24.2 Å². The van der Waals surface area contributed by atoms with Crippen molar-refractivity contribution < 1.29 is 9.23 Å². The minimum Gasteiger partial charge on any atom is -0.305 e. The normalized spacial score (nSPS) is 12.8. The molecule has 1 N–H and O–H groups in total. The van der Waals surface area contributed by atoms with E-state index in [1.807, 2.05) is 12.1 Å². The van der Waals surface area contributed by atoms with Gasteiger partial charge in [0.1, 0.15) is 6.17 Å². The van der Waals surface area contributed by atoms with E-state index in [0.717, 1.165) is 5.56 Å². The Bertz CT molecular complexity index is 246. The molecule has 0 amide bonds. The van der Waals surface area contributed by atoms with Crippen LogP contribution in [0, 0.1) is 0 Å². The molecule has 0 spiro atoms. The molecule has 0 bridgehead atoms. The van der Waals surface area contributed by atoms with Crippen molar-refractivity contribution in [2.45, 2.75) is 19.6 Å². The van der Waals surface area contributed by atoms with E-state index in [2.05, 4.69) is 5.48 Å². The average Bonchev–Trinajstić information content (AvgIpc) is 2.15. The number of hydrogen-bond donors (Lipinski definition) is 1. The topological polar surface area (TPSA) is 21.3 Å². The SMILES string of the molecule is CONCc1ccc(C(C)F)cc1. The number of nitrogens with one attached hydrogen (secondary N) is 1. The van der Waals surface area contributed by atoms with Gasteiger partial charge in [-0.2, -0.15) is 5.48 Å². The monoisotopic (exact) mass is 183 g/mol. The van der Waals surface area contributed by atoms with Crippen molar-refractivity contribution in [3.63, 3.8) is 0 Å². The molecular weight excluding hydrogens is 169 g/mol. The van der Waals surface area contributed by atoms with E-state index < -0.39 is 6.17 Å². The molecule has 3 heteroatoms. The van der Waals surface area contributed by atoms with E-state index in [1.165, 1.54) is 6.92 Å². The summed E-state index contributed by atoms with van der Waals surface area (Å²) in [6, 6.07) is 7.35. The number of hydrogen-bond acceptors (Lipinski definition) is 2. The quantitative estimate of drug-likeness (QED) is 0.723. The number of halogens is 1. The van der Waals surface area contributed by atoms with E-state index in [1.54, 1.807) is 19.2 Å². The van der Waals surface area contributed by atoms with Crippen LogP contribution in [-0.4, -0.2) is 7.11 Å². The third-order valence-electron chi connectivity index (χ3n) is 1.86. The second kappa shape index (κ2) is 4.94. The molecule has 0 aromatic heterocycles. The van der Waals surface area contributed by atoms with Gasteiger partial charge in [-0.05, 0) is 18.1 Å². The van der Waals surface area contributed by atoms with Crippen molar-refractivity contribution in [2.24, 2.45) is 0 Å². The molecule has 1 aromatic carbocycles. The second-order valence-electron chi connectivity index (χ2n) is 2.88. The molecule has 0 fully saturated rings. The largest absolute Gasteiger partial charge is 0.305 e. The maximum absolute atomic E-state index is 12.8. The predicted octanol–water partition coefficient (Wildman–Crippen LogP) is 2.37. The number of rotatable bonds is 4. The number of hydroxylamine groups is 1. The molecule has 0 heterocycles. The van der Waals surface area contributed by atoms with Gasteiger partial charge >= 0.3 is 0 Å². The molecular formula is C10H14FNO. The summed E-state index contributed by atoms with van der Waals surface area (Å²) >= 11 is 0. The Morgan fingerprint density at radius 3 is 2.46 bits per heavy atom. The van der Waals surface area contributed by atoms with Crippen molar-refractivity contribution in [1.29, 1.82) is 0 Å². The zero-order chi connectivity index (χ0) is 9.68. The lowest BCUT2D eigenvalue weighted by Gasteiger charge is -2.04. The predicted molar refractivity (Wildman–Crippen MR) is 49.8 cm³/mol. The summed E-state index contributed by atoms with van der Waals surface area (Å²) in [5.74, 6) is 0. The van der Waals surface area contributed by atoms with Crippen molar-refractivity contribution in [3.8, 4) is 0 Å². The maximum Gasteiger partial charge on any atom is 0.122 e. The van der Waals surface area contributed by atoms with E-state index in [0.29, 0.717) is 12.1 Å². The molecule has 72 valence electrons. The summed E-state index contributed by atoms with van der Waals surface area (Å²) in [6.45, 7) is 2.17. The fourth-order valence-electron chi connectivity index (χ4n) is 1.06. The minimum atomic E-state index is -0.899. The van der Waals surface area contributed by atoms with Gasteiger partial charge in [-0.3, -0.25) is 0 Å². The van der Waals surface area contributed by atoms with Crippen molar-refractivity contribution >= 4 is 0 Å². The Morgan fingerprint density at radius 2 is 2.00 bits per heavy atom. The molecule has 13 heavy (non-hydrogen) atoms. The molecule has 1 aromatic rings. The molecule has 0 saturated heterocycles. The Kier molecular flexibility index (Phi) is 3.86. The van der Waals surface area contributed by atoms with Crippen LogP contribution >= 0.6 is 0 Å². The molecule has 1 unspecified atom stereocenters. The highest BCUT2D eigenvalue weighted by atomic mass is 19.1. The van der Waals surface area contributed by atoms with Crippen molar-refractivity contribution in [1.82, 2.24) is 5.48 Å². The smallest absolute Gasteiger partial charge is 0.122 e. The standard InChI is InChI=1S/C10H14FNO/c1-8(11)10-5-3-9(4-6-10)7-12-13-2/h3-6,8,12H,7H2,1-2H3. The summed E-state index contributed by atoms with van der Waals surface area (Å²) in [5, 5.41) is 0. The fraction of sp³-hybridized carbons (Fsp3) is 0.400. The second-order valence-corrected chi connectivity index (χ2v) is 2.88. The van der Waals surface area contributed by atoms with Gasteiger partial charge in [0.2, 0.25) is 0 Å². The zero-order valence-corrected chi connectivity index (χ0v) is 7.88. The van der Waals surface area contributed by atoms with Gasteiger partial charge in [0.25, 0.3) is 0 Å². The summed E-state index contributed by atoms with van der Waals surface area (Å²) in [6.07, 6.45) is -0.899.